The lowest BCUT2D eigenvalue weighted by Crippen LogP contribution is -2.51. The van der Waals surface area contributed by atoms with Crippen molar-refractivity contribution in [1.82, 2.24) is 25.3 Å². The number of para-hydroxylation sites is 1. The van der Waals surface area contributed by atoms with Crippen LogP contribution >= 0.6 is 0 Å². The van der Waals surface area contributed by atoms with Crippen LogP contribution in [0.2, 0.25) is 0 Å². The monoisotopic (exact) mass is 438 g/mol. The minimum Gasteiger partial charge on any atom is -0.370 e. The van der Waals surface area contributed by atoms with Gasteiger partial charge >= 0.3 is 0 Å². The fourth-order valence-corrected chi connectivity index (χ4v) is 5.71. The number of aryl methyl sites for hydroxylation is 1. The third-order valence-electron chi connectivity index (χ3n) is 7.37. The van der Waals surface area contributed by atoms with Gasteiger partial charge in [-0.2, -0.15) is 5.10 Å². The molecule has 2 N–H and O–H groups in total. The second kappa shape index (κ2) is 8.83. The van der Waals surface area contributed by atoms with E-state index < -0.39 is 0 Å². The Morgan fingerprint density at radius 1 is 1.12 bits per heavy atom. The number of aromatic nitrogens is 2. The van der Waals surface area contributed by atoms with E-state index in [1.54, 1.807) is 0 Å². The van der Waals surface area contributed by atoms with Crippen molar-refractivity contribution in [3.05, 3.63) is 23.9 Å². The lowest BCUT2D eigenvalue weighted by molar-refractivity contribution is -0.134. The molecule has 5 rings (SSSR count). The summed E-state index contributed by atoms with van der Waals surface area (Å²) in [7, 11) is 1.96. The first-order valence-electron chi connectivity index (χ1n) is 12.0. The number of benzene rings is 1. The maximum atomic E-state index is 12.5. The average Bonchev–Trinajstić information content (AvgIpc) is 3.11. The Kier molecular flexibility index (Phi) is 5.90. The molecule has 0 aliphatic carbocycles. The predicted molar refractivity (Wildman–Crippen MR) is 125 cm³/mol. The molecular formula is C24H34N6O2. The van der Waals surface area contributed by atoms with Crippen LogP contribution in [0.1, 0.15) is 44.2 Å². The molecule has 2 aromatic rings. The van der Waals surface area contributed by atoms with Crippen LogP contribution in [0.25, 0.3) is 10.9 Å². The van der Waals surface area contributed by atoms with E-state index in [0.29, 0.717) is 18.9 Å². The van der Waals surface area contributed by atoms with Crippen molar-refractivity contribution in [3.63, 3.8) is 0 Å². The van der Waals surface area contributed by atoms with Gasteiger partial charge in [0.15, 0.2) is 0 Å². The summed E-state index contributed by atoms with van der Waals surface area (Å²) in [4.78, 5) is 29.1. The summed E-state index contributed by atoms with van der Waals surface area (Å²) in [6.07, 6.45) is 3.30. The molecule has 3 fully saturated rings. The van der Waals surface area contributed by atoms with E-state index in [4.69, 9.17) is 5.10 Å². The number of piperazine rings is 1. The van der Waals surface area contributed by atoms with Gasteiger partial charge in [-0.3, -0.25) is 19.6 Å². The predicted octanol–water partition coefficient (Wildman–Crippen LogP) is 1.60. The summed E-state index contributed by atoms with van der Waals surface area (Å²) in [5, 5.41) is 11.8. The van der Waals surface area contributed by atoms with Crippen molar-refractivity contribution >= 4 is 28.4 Å². The number of carbonyl (C=O) groups excluding carboxylic acids is 2. The van der Waals surface area contributed by atoms with Gasteiger partial charge in [0.1, 0.15) is 0 Å². The number of hydrogen-bond acceptors (Lipinski definition) is 6. The molecule has 2 amide bonds. The van der Waals surface area contributed by atoms with Crippen LogP contribution in [0.5, 0.6) is 0 Å². The zero-order valence-corrected chi connectivity index (χ0v) is 19.1. The highest BCUT2D eigenvalue weighted by Gasteiger charge is 2.32. The molecule has 0 bridgehead atoms. The van der Waals surface area contributed by atoms with Crippen LogP contribution < -0.4 is 15.5 Å². The molecule has 32 heavy (non-hydrogen) atoms. The van der Waals surface area contributed by atoms with Gasteiger partial charge < -0.3 is 15.1 Å². The SMILES string of the molecule is CC1CN(CC2CCN(c3cccc4c(C5CCC(=O)NC5=O)nn(C)c34)CC2)CCN1. The van der Waals surface area contributed by atoms with Crippen LogP contribution in [0, 0.1) is 5.92 Å². The van der Waals surface area contributed by atoms with Gasteiger partial charge in [0.25, 0.3) is 0 Å². The first kappa shape index (κ1) is 21.4. The summed E-state index contributed by atoms with van der Waals surface area (Å²) in [6, 6.07) is 6.90. The third-order valence-corrected chi connectivity index (χ3v) is 7.37. The number of anilines is 1. The van der Waals surface area contributed by atoms with Crippen LogP contribution in [-0.4, -0.2) is 71.8 Å². The van der Waals surface area contributed by atoms with Crippen molar-refractivity contribution in [3.8, 4) is 0 Å². The number of piperidine rings is 2. The highest BCUT2D eigenvalue weighted by atomic mass is 16.2. The minimum absolute atomic E-state index is 0.190. The summed E-state index contributed by atoms with van der Waals surface area (Å²) in [6.45, 7) is 8.97. The summed E-state index contributed by atoms with van der Waals surface area (Å²) >= 11 is 0. The van der Waals surface area contributed by atoms with Crippen LogP contribution in [0.3, 0.4) is 0 Å². The molecule has 3 saturated heterocycles. The molecule has 0 saturated carbocycles. The molecule has 4 heterocycles. The number of nitrogens with one attached hydrogen (secondary N) is 2. The van der Waals surface area contributed by atoms with E-state index in [1.807, 2.05) is 11.7 Å². The van der Waals surface area contributed by atoms with Crippen molar-refractivity contribution in [2.75, 3.05) is 44.2 Å². The van der Waals surface area contributed by atoms with Crippen LogP contribution in [0.4, 0.5) is 5.69 Å². The van der Waals surface area contributed by atoms with E-state index in [0.717, 1.165) is 55.2 Å². The number of hydrogen-bond donors (Lipinski definition) is 2. The Labute approximate surface area is 189 Å². The maximum Gasteiger partial charge on any atom is 0.235 e. The van der Waals surface area contributed by atoms with Gasteiger partial charge in [-0.1, -0.05) is 12.1 Å². The second-order valence-corrected chi connectivity index (χ2v) is 9.73. The largest absolute Gasteiger partial charge is 0.370 e. The smallest absolute Gasteiger partial charge is 0.235 e. The number of imide groups is 1. The van der Waals surface area contributed by atoms with Gasteiger partial charge in [0, 0.05) is 64.2 Å². The Hall–Kier alpha value is -2.45. The Balaban J connectivity index is 1.32. The summed E-state index contributed by atoms with van der Waals surface area (Å²) in [5.74, 6) is -0.0276. The lowest BCUT2D eigenvalue weighted by atomic mass is 9.92. The topological polar surface area (TPSA) is 82.5 Å². The molecule has 1 aromatic heterocycles. The summed E-state index contributed by atoms with van der Waals surface area (Å²) in [5.41, 5.74) is 3.07. The van der Waals surface area contributed by atoms with Gasteiger partial charge in [-0.05, 0) is 38.2 Å². The maximum absolute atomic E-state index is 12.5. The van der Waals surface area contributed by atoms with Gasteiger partial charge in [0.05, 0.1) is 22.8 Å². The molecule has 8 nitrogen and oxygen atoms in total. The molecule has 1 aromatic carbocycles. The first-order chi connectivity index (χ1) is 15.5. The molecule has 0 spiro atoms. The standard InChI is InChI=1S/C24H34N6O2/c1-16-14-29(13-10-25-16)15-17-8-11-30(12-9-17)20-5-3-4-18-22(27-28(2)23(18)20)19-6-7-21(31)26-24(19)32/h3-5,16-17,19,25H,6-15H2,1-2H3,(H,26,31,32). The zero-order chi connectivity index (χ0) is 22.2. The molecule has 3 aliphatic heterocycles. The Morgan fingerprint density at radius 3 is 2.69 bits per heavy atom. The van der Waals surface area contributed by atoms with Crippen LogP contribution in [0.15, 0.2) is 18.2 Å². The Morgan fingerprint density at radius 2 is 1.94 bits per heavy atom. The van der Waals surface area contributed by atoms with E-state index in [9.17, 15) is 9.59 Å². The molecule has 2 unspecified atom stereocenters. The molecule has 3 aliphatic rings. The first-order valence-corrected chi connectivity index (χ1v) is 12.0. The third kappa shape index (κ3) is 4.13. The van der Waals surface area contributed by atoms with E-state index >= 15 is 0 Å². The quantitative estimate of drug-likeness (QED) is 0.706. The van der Waals surface area contributed by atoms with Crippen molar-refractivity contribution < 1.29 is 9.59 Å². The van der Waals surface area contributed by atoms with Gasteiger partial charge in [-0.25, -0.2) is 0 Å². The molecule has 8 heteroatoms. The number of fused-ring (bicyclic) bond motifs is 1. The number of amides is 2. The normalized spacial score (nSPS) is 26.0. The molecular weight excluding hydrogens is 404 g/mol. The number of carbonyl (C=O) groups is 2. The van der Waals surface area contributed by atoms with E-state index in [-0.39, 0.29) is 17.7 Å². The fourth-order valence-electron chi connectivity index (χ4n) is 5.71. The van der Waals surface area contributed by atoms with E-state index in [2.05, 4.69) is 45.6 Å². The van der Waals surface area contributed by atoms with E-state index in [1.165, 1.54) is 25.1 Å². The molecule has 2 atom stereocenters. The lowest BCUT2D eigenvalue weighted by Gasteiger charge is -2.38. The number of rotatable bonds is 4. The zero-order valence-electron chi connectivity index (χ0n) is 19.1. The van der Waals surface area contributed by atoms with Crippen molar-refractivity contribution in [1.29, 1.82) is 0 Å². The highest BCUT2D eigenvalue weighted by molar-refractivity contribution is 6.03. The van der Waals surface area contributed by atoms with Gasteiger partial charge in [0.2, 0.25) is 11.8 Å². The Bertz CT molecular complexity index is 1010. The van der Waals surface area contributed by atoms with Crippen LogP contribution in [-0.2, 0) is 16.6 Å². The summed E-state index contributed by atoms with van der Waals surface area (Å²) < 4.78 is 1.91. The molecule has 0 radical (unpaired) electrons. The van der Waals surface area contributed by atoms with Gasteiger partial charge in [-0.15, -0.1) is 0 Å². The average molecular weight is 439 g/mol. The van der Waals surface area contributed by atoms with Crippen molar-refractivity contribution in [2.45, 2.75) is 44.6 Å². The molecule has 172 valence electrons. The fraction of sp³-hybridized carbons (Fsp3) is 0.625. The second-order valence-electron chi connectivity index (χ2n) is 9.73. The highest BCUT2D eigenvalue weighted by Crippen LogP contribution is 2.36. The minimum atomic E-state index is -0.362. The number of nitrogens with zero attached hydrogens (tertiary/aromatic N) is 4. The van der Waals surface area contributed by atoms with Crippen molar-refractivity contribution in [2.24, 2.45) is 13.0 Å².